The average molecular weight is 431 g/mol. The summed E-state index contributed by atoms with van der Waals surface area (Å²) < 4.78 is 7.71. The number of hydrogen-bond donors (Lipinski definition) is 0. The van der Waals surface area contributed by atoms with Crippen molar-refractivity contribution in [2.45, 2.75) is 6.42 Å². The normalized spacial score (nSPS) is 10.8. The van der Waals surface area contributed by atoms with Crippen molar-refractivity contribution in [3.05, 3.63) is 24.8 Å². The molecule has 0 saturated heterocycles. The molecule has 0 N–H and O–H groups in total. The predicted molar refractivity (Wildman–Crippen MR) is 80.7 cm³/mol. The van der Waals surface area contributed by atoms with Gasteiger partial charge >= 0.3 is 0 Å². The van der Waals surface area contributed by atoms with Crippen LogP contribution in [0.1, 0.15) is 5.56 Å². The van der Waals surface area contributed by atoms with Crippen LogP contribution in [0.4, 0.5) is 0 Å². The molecule has 0 heterocycles. The van der Waals surface area contributed by atoms with Crippen molar-refractivity contribution in [1.29, 1.82) is 0 Å². The monoisotopic (exact) mass is 431 g/mol. The molecule has 0 amide bonds. The van der Waals surface area contributed by atoms with E-state index in [1.165, 1.54) is 12.7 Å². The fourth-order valence-electron chi connectivity index (χ4n) is 1.30. The zero-order valence-corrected chi connectivity index (χ0v) is 13.5. The van der Waals surface area contributed by atoms with E-state index in [-0.39, 0.29) is 0 Å². The van der Waals surface area contributed by atoms with Crippen LogP contribution in [0.15, 0.2) is 12.1 Å². The van der Waals surface area contributed by atoms with Crippen LogP contribution >= 0.6 is 45.2 Å². The number of benzene rings is 1. The molecule has 0 radical (unpaired) electrons. The Balaban J connectivity index is 2.84. The van der Waals surface area contributed by atoms with Crippen LogP contribution in [0.5, 0.6) is 5.75 Å². The quantitative estimate of drug-likeness (QED) is 0.681. The number of halogens is 2. The Morgan fingerprint density at radius 2 is 1.73 bits per heavy atom. The Morgan fingerprint density at radius 3 is 2.13 bits per heavy atom. The maximum absolute atomic E-state index is 5.33. The van der Waals surface area contributed by atoms with E-state index in [4.69, 9.17) is 4.74 Å². The molecule has 4 heteroatoms. The maximum Gasteiger partial charge on any atom is 0.145 e. The number of ether oxygens (including phenoxy) is 1. The standard InChI is InChI=1S/C11H15I2NO/c1-14(2)5-4-8-6-9(12)11(15-3)10(13)7-8/h6-7H,4-5H2,1-3H3. The summed E-state index contributed by atoms with van der Waals surface area (Å²) in [4.78, 5) is 2.20. The molecule has 0 unspecified atom stereocenters. The van der Waals surface area contributed by atoms with Gasteiger partial charge in [0.2, 0.25) is 0 Å². The lowest BCUT2D eigenvalue weighted by molar-refractivity contribution is 0.406. The molecule has 0 bridgehead atoms. The minimum Gasteiger partial charge on any atom is -0.495 e. The van der Waals surface area contributed by atoms with Crippen LogP contribution in [0.3, 0.4) is 0 Å². The van der Waals surface area contributed by atoms with Crippen LogP contribution in [0.25, 0.3) is 0 Å². The summed E-state index contributed by atoms with van der Waals surface area (Å²) in [5, 5.41) is 0. The molecule has 1 rings (SSSR count). The molecule has 1 aromatic rings. The van der Waals surface area contributed by atoms with Crippen molar-refractivity contribution in [3.8, 4) is 5.75 Å². The predicted octanol–water partition coefficient (Wildman–Crippen LogP) is 3.01. The molecule has 1 aromatic carbocycles. The Morgan fingerprint density at radius 1 is 1.20 bits per heavy atom. The molecule has 0 atom stereocenters. The van der Waals surface area contributed by atoms with Crippen molar-refractivity contribution in [2.75, 3.05) is 27.7 Å². The molecule has 0 spiro atoms. The van der Waals surface area contributed by atoms with Gasteiger partial charge in [0.05, 0.1) is 14.3 Å². The van der Waals surface area contributed by atoms with E-state index < -0.39 is 0 Å². The van der Waals surface area contributed by atoms with E-state index >= 15 is 0 Å². The number of hydrogen-bond acceptors (Lipinski definition) is 2. The third-order valence-corrected chi connectivity index (χ3v) is 3.71. The van der Waals surface area contributed by atoms with Gasteiger partial charge in [-0.1, -0.05) is 0 Å². The van der Waals surface area contributed by atoms with Crippen molar-refractivity contribution in [2.24, 2.45) is 0 Å². The van der Waals surface area contributed by atoms with E-state index in [0.29, 0.717) is 0 Å². The summed E-state index contributed by atoms with van der Waals surface area (Å²) in [5.41, 5.74) is 1.37. The summed E-state index contributed by atoms with van der Waals surface area (Å²) in [6.45, 7) is 1.08. The molecular formula is C11H15I2NO. The molecule has 2 nitrogen and oxygen atoms in total. The third kappa shape index (κ3) is 4.07. The van der Waals surface area contributed by atoms with Crippen LogP contribution in [0, 0.1) is 7.14 Å². The SMILES string of the molecule is COc1c(I)cc(CCN(C)C)cc1I. The summed E-state index contributed by atoms with van der Waals surface area (Å²) >= 11 is 4.65. The first-order chi connectivity index (χ1) is 7.04. The first kappa shape index (κ1) is 13.5. The number of likely N-dealkylation sites (N-methyl/N-ethyl adjacent to an activating group) is 1. The minimum atomic E-state index is 0.991. The highest BCUT2D eigenvalue weighted by Gasteiger charge is 2.07. The van der Waals surface area contributed by atoms with Gasteiger partial charge in [-0.25, -0.2) is 0 Å². The molecule has 0 aliphatic rings. The Hall–Kier alpha value is 0.440. The van der Waals surface area contributed by atoms with Crippen LogP contribution in [-0.2, 0) is 6.42 Å². The molecule has 0 aromatic heterocycles. The van der Waals surface area contributed by atoms with E-state index in [9.17, 15) is 0 Å². The third-order valence-electron chi connectivity index (χ3n) is 2.11. The lowest BCUT2D eigenvalue weighted by Gasteiger charge is -2.12. The number of rotatable bonds is 4. The summed E-state index contributed by atoms with van der Waals surface area (Å²) in [7, 11) is 5.91. The zero-order chi connectivity index (χ0) is 11.4. The molecule has 84 valence electrons. The number of nitrogens with zero attached hydrogens (tertiary/aromatic N) is 1. The molecule has 0 aliphatic carbocycles. The Labute approximate surface area is 119 Å². The first-order valence-corrected chi connectivity index (χ1v) is 6.87. The van der Waals surface area contributed by atoms with Gasteiger partial charge in [-0.15, -0.1) is 0 Å². The largest absolute Gasteiger partial charge is 0.495 e. The van der Waals surface area contributed by atoms with Gasteiger partial charge in [-0.2, -0.15) is 0 Å². The van der Waals surface area contributed by atoms with E-state index in [2.05, 4.69) is 76.3 Å². The summed E-state index contributed by atoms with van der Waals surface area (Å²) in [6.07, 6.45) is 1.09. The highest BCUT2D eigenvalue weighted by Crippen LogP contribution is 2.28. The van der Waals surface area contributed by atoms with Crippen LogP contribution in [0.2, 0.25) is 0 Å². The maximum atomic E-state index is 5.33. The Kier molecular flexibility index (Phi) is 5.62. The van der Waals surface area contributed by atoms with Gasteiger partial charge in [-0.3, -0.25) is 0 Å². The van der Waals surface area contributed by atoms with Crippen molar-refractivity contribution in [1.82, 2.24) is 4.90 Å². The summed E-state index contributed by atoms with van der Waals surface area (Å²) in [6, 6.07) is 4.40. The molecule has 0 saturated carbocycles. The van der Waals surface area contributed by atoms with Crippen molar-refractivity contribution >= 4 is 45.2 Å². The lowest BCUT2D eigenvalue weighted by Crippen LogP contribution is -2.15. The minimum absolute atomic E-state index is 0.991. The van der Waals surface area contributed by atoms with E-state index in [1.807, 2.05) is 0 Å². The van der Waals surface area contributed by atoms with Crippen LogP contribution in [-0.4, -0.2) is 32.6 Å². The van der Waals surface area contributed by atoms with E-state index in [1.54, 1.807) is 7.11 Å². The second-order valence-corrected chi connectivity index (χ2v) is 5.97. The van der Waals surface area contributed by atoms with Gasteiger partial charge in [0.25, 0.3) is 0 Å². The van der Waals surface area contributed by atoms with Crippen molar-refractivity contribution < 1.29 is 4.74 Å². The second kappa shape index (κ2) is 6.24. The zero-order valence-electron chi connectivity index (χ0n) is 9.18. The highest BCUT2D eigenvalue weighted by molar-refractivity contribution is 14.1. The lowest BCUT2D eigenvalue weighted by atomic mass is 10.1. The van der Waals surface area contributed by atoms with Gasteiger partial charge in [0, 0.05) is 6.54 Å². The Bertz CT molecular complexity index is 316. The van der Waals surface area contributed by atoms with Gasteiger partial charge < -0.3 is 9.64 Å². The second-order valence-electron chi connectivity index (χ2n) is 3.65. The van der Waals surface area contributed by atoms with Gasteiger partial charge in [0.15, 0.2) is 0 Å². The first-order valence-electron chi connectivity index (χ1n) is 4.71. The average Bonchev–Trinajstić information content (AvgIpc) is 2.14. The smallest absolute Gasteiger partial charge is 0.145 e. The van der Waals surface area contributed by atoms with Gasteiger partial charge in [0.1, 0.15) is 5.75 Å². The fraction of sp³-hybridized carbons (Fsp3) is 0.455. The summed E-state index contributed by atoms with van der Waals surface area (Å²) in [5.74, 6) is 0.991. The molecule has 0 fully saturated rings. The van der Waals surface area contributed by atoms with Crippen molar-refractivity contribution in [3.63, 3.8) is 0 Å². The number of methoxy groups -OCH3 is 1. The molecule has 15 heavy (non-hydrogen) atoms. The molecular weight excluding hydrogens is 416 g/mol. The van der Waals surface area contributed by atoms with Gasteiger partial charge in [-0.05, 0) is 83.4 Å². The highest BCUT2D eigenvalue weighted by atomic mass is 127. The fourth-order valence-corrected chi connectivity index (χ4v) is 3.64. The van der Waals surface area contributed by atoms with Crippen LogP contribution < -0.4 is 4.74 Å². The topological polar surface area (TPSA) is 12.5 Å². The molecule has 0 aliphatic heterocycles. The van der Waals surface area contributed by atoms with E-state index in [0.717, 1.165) is 18.7 Å².